The number of carbonyl (C=O) groups is 2. The van der Waals surface area contributed by atoms with Gasteiger partial charge in [-0.1, -0.05) is 0 Å². The number of hydrogen-bond donors (Lipinski definition) is 3. The lowest BCUT2D eigenvalue weighted by molar-refractivity contribution is -0.141. The van der Waals surface area contributed by atoms with Crippen LogP contribution in [0.1, 0.15) is 19.3 Å². The number of urea groups is 1. The highest BCUT2D eigenvalue weighted by molar-refractivity contribution is 7.99. The molecule has 2 rings (SSSR count). The number of rotatable bonds is 3. The van der Waals surface area contributed by atoms with Crippen LogP contribution < -0.4 is 5.32 Å². The van der Waals surface area contributed by atoms with Gasteiger partial charge in [0, 0.05) is 19.5 Å². The summed E-state index contributed by atoms with van der Waals surface area (Å²) in [7, 11) is 0. The predicted octanol–water partition coefficient (Wildman–Crippen LogP) is 0.359. The van der Waals surface area contributed by atoms with Crippen LogP contribution in [-0.2, 0) is 4.79 Å². The highest BCUT2D eigenvalue weighted by Crippen LogP contribution is 2.22. The van der Waals surface area contributed by atoms with Gasteiger partial charge in [-0.15, -0.1) is 0 Å². The zero-order valence-corrected chi connectivity index (χ0v) is 11.6. The molecule has 2 atom stereocenters. The first kappa shape index (κ1) is 14.5. The lowest BCUT2D eigenvalue weighted by atomic mass is 10.0. The molecule has 6 nitrogen and oxygen atoms in total. The number of carbonyl (C=O) groups excluding carboxylic acids is 1. The van der Waals surface area contributed by atoms with Gasteiger partial charge in [-0.25, -0.2) is 9.59 Å². The summed E-state index contributed by atoms with van der Waals surface area (Å²) in [6.45, 7) is 0.696. The number of nitrogens with zero attached hydrogens (tertiary/aromatic N) is 1. The van der Waals surface area contributed by atoms with Crippen LogP contribution in [0.2, 0.25) is 0 Å². The number of amides is 2. The van der Waals surface area contributed by atoms with Crippen molar-refractivity contribution < 1.29 is 19.8 Å². The fourth-order valence-corrected chi connectivity index (χ4v) is 3.76. The first-order valence-corrected chi connectivity index (χ1v) is 7.76. The normalized spacial score (nSPS) is 28.4. The van der Waals surface area contributed by atoms with Crippen LogP contribution in [0.25, 0.3) is 0 Å². The van der Waals surface area contributed by atoms with Gasteiger partial charge < -0.3 is 20.4 Å². The molecule has 2 unspecified atom stereocenters. The van der Waals surface area contributed by atoms with Crippen LogP contribution in [0.3, 0.4) is 0 Å². The second kappa shape index (κ2) is 6.47. The van der Waals surface area contributed by atoms with Gasteiger partial charge in [0.25, 0.3) is 0 Å². The molecule has 0 saturated carbocycles. The van der Waals surface area contributed by atoms with Crippen molar-refractivity contribution in [1.82, 2.24) is 10.2 Å². The summed E-state index contributed by atoms with van der Waals surface area (Å²) in [6, 6.07) is -1.28. The van der Waals surface area contributed by atoms with Gasteiger partial charge in [0.1, 0.15) is 6.04 Å². The third kappa shape index (κ3) is 3.76. The molecule has 3 N–H and O–H groups in total. The molecule has 0 aromatic rings. The van der Waals surface area contributed by atoms with Crippen LogP contribution >= 0.6 is 11.8 Å². The Balaban J connectivity index is 1.82. The Labute approximate surface area is 116 Å². The Morgan fingerprint density at radius 1 is 1.32 bits per heavy atom. The summed E-state index contributed by atoms with van der Waals surface area (Å²) in [6.07, 6.45) is 1.56. The van der Waals surface area contributed by atoms with Crippen LogP contribution in [-0.4, -0.2) is 63.9 Å². The van der Waals surface area contributed by atoms with Crippen LogP contribution in [0, 0.1) is 5.92 Å². The Kier molecular flexibility index (Phi) is 4.93. The van der Waals surface area contributed by atoms with Gasteiger partial charge >= 0.3 is 12.0 Å². The molecule has 0 bridgehead atoms. The highest BCUT2D eigenvalue weighted by Gasteiger charge is 2.38. The summed E-state index contributed by atoms with van der Waals surface area (Å²) < 4.78 is 0. The number of aliphatic carboxylic acids is 1. The standard InChI is InChI=1S/C12H20N2O4S/c15-9-5-10(11(16)17)14(7-9)12(18)13-6-8-1-3-19-4-2-8/h8-10,15H,1-7H2,(H,13,18)(H,16,17). The molecular weight excluding hydrogens is 268 g/mol. The third-order valence-electron chi connectivity index (χ3n) is 3.71. The van der Waals surface area contributed by atoms with Gasteiger partial charge in [-0.05, 0) is 30.3 Å². The maximum atomic E-state index is 12.0. The Hall–Kier alpha value is -0.950. The molecule has 2 heterocycles. The maximum Gasteiger partial charge on any atom is 0.326 e. The molecule has 0 aromatic heterocycles. The number of hydrogen-bond acceptors (Lipinski definition) is 4. The first-order chi connectivity index (χ1) is 9.08. The number of likely N-dealkylation sites (tertiary alicyclic amines) is 1. The first-order valence-electron chi connectivity index (χ1n) is 6.61. The zero-order chi connectivity index (χ0) is 13.8. The van der Waals surface area contributed by atoms with Crippen LogP contribution in [0.15, 0.2) is 0 Å². The summed E-state index contributed by atoms with van der Waals surface area (Å²) in [4.78, 5) is 24.2. The van der Waals surface area contributed by atoms with E-state index in [1.54, 1.807) is 0 Å². The molecule has 19 heavy (non-hydrogen) atoms. The second-order valence-corrected chi connectivity index (χ2v) is 6.36. The monoisotopic (exact) mass is 288 g/mol. The van der Waals surface area contributed by atoms with Crippen molar-refractivity contribution in [3.63, 3.8) is 0 Å². The molecule has 0 aliphatic carbocycles. The lowest BCUT2D eigenvalue weighted by Gasteiger charge is -2.25. The molecule has 0 radical (unpaired) electrons. The second-order valence-electron chi connectivity index (χ2n) is 5.14. The molecule has 2 saturated heterocycles. The van der Waals surface area contributed by atoms with E-state index in [4.69, 9.17) is 5.11 Å². The number of carboxylic acid groups (broad SMARTS) is 1. The molecule has 2 amide bonds. The van der Waals surface area contributed by atoms with Crippen molar-refractivity contribution in [2.75, 3.05) is 24.6 Å². The molecule has 0 spiro atoms. The Morgan fingerprint density at radius 2 is 2.00 bits per heavy atom. The van der Waals surface area contributed by atoms with Crippen molar-refractivity contribution in [2.24, 2.45) is 5.92 Å². The Bertz CT molecular complexity index is 347. The average Bonchev–Trinajstić information content (AvgIpc) is 2.79. The number of aliphatic hydroxyl groups is 1. The number of carboxylic acids is 1. The van der Waals surface area contributed by atoms with Crippen molar-refractivity contribution in [3.05, 3.63) is 0 Å². The summed E-state index contributed by atoms with van der Waals surface area (Å²) in [5.41, 5.74) is 0. The fraction of sp³-hybridized carbons (Fsp3) is 0.833. The number of β-amino-alcohol motifs (C(OH)–C–C–N with tert-alkyl or cyclic N) is 1. The van der Waals surface area contributed by atoms with Gasteiger partial charge in [-0.2, -0.15) is 11.8 Å². The molecule has 2 aliphatic heterocycles. The van der Waals surface area contributed by atoms with Gasteiger partial charge in [-0.3, -0.25) is 0 Å². The van der Waals surface area contributed by atoms with Crippen LogP contribution in [0.4, 0.5) is 4.79 Å². The van der Waals surface area contributed by atoms with Crippen molar-refractivity contribution in [1.29, 1.82) is 0 Å². The predicted molar refractivity (Wildman–Crippen MR) is 72.2 cm³/mol. The van der Waals surface area contributed by atoms with E-state index in [0.29, 0.717) is 12.5 Å². The number of nitrogens with one attached hydrogen (secondary N) is 1. The molecule has 0 aromatic carbocycles. The summed E-state index contributed by atoms with van der Waals surface area (Å²) in [5, 5.41) is 21.3. The third-order valence-corrected chi connectivity index (χ3v) is 4.76. The van der Waals surface area contributed by atoms with Crippen molar-refractivity contribution in [2.45, 2.75) is 31.4 Å². The van der Waals surface area contributed by atoms with E-state index in [0.717, 1.165) is 24.3 Å². The van der Waals surface area contributed by atoms with Gasteiger partial charge in [0.15, 0.2) is 0 Å². The molecule has 2 fully saturated rings. The summed E-state index contributed by atoms with van der Waals surface area (Å²) in [5.74, 6) is 1.68. The minimum atomic E-state index is -1.05. The fourth-order valence-electron chi connectivity index (χ4n) is 2.56. The van der Waals surface area contributed by atoms with E-state index in [2.05, 4.69) is 5.32 Å². The Morgan fingerprint density at radius 3 is 2.63 bits per heavy atom. The van der Waals surface area contributed by atoms with E-state index >= 15 is 0 Å². The van der Waals surface area contributed by atoms with E-state index in [1.807, 2.05) is 11.8 Å². The molecule has 108 valence electrons. The lowest BCUT2D eigenvalue weighted by Crippen LogP contribution is -2.47. The summed E-state index contributed by atoms with van der Waals surface area (Å²) >= 11 is 1.93. The maximum absolute atomic E-state index is 12.0. The van der Waals surface area contributed by atoms with Crippen molar-refractivity contribution >= 4 is 23.8 Å². The minimum absolute atomic E-state index is 0.101. The van der Waals surface area contributed by atoms with Gasteiger partial charge in [0.2, 0.25) is 0 Å². The SMILES string of the molecule is O=C(O)C1CC(O)CN1C(=O)NCC1CCSCC1. The number of thioether (sulfide) groups is 1. The largest absolute Gasteiger partial charge is 0.480 e. The van der Waals surface area contributed by atoms with Gasteiger partial charge in [0.05, 0.1) is 6.10 Å². The quantitative estimate of drug-likeness (QED) is 0.697. The van der Waals surface area contributed by atoms with E-state index in [-0.39, 0.29) is 19.0 Å². The molecule has 2 aliphatic rings. The van der Waals surface area contributed by atoms with E-state index < -0.39 is 18.1 Å². The molecular formula is C12H20N2O4S. The average molecular weight is 288 g/mol. The highest BCUT2D eigenvalue weighted by atomic mass is 32.2. The molecule has 7 heteroatoms. The minimum Gasteiger partial charge on any atom is -0.480 e. The topological polar surface area (TPSA) is 89.9 Å². The smallest absolute Gasteiger partial charge is 0.326 e. The van der Waals surface area contributed by atoms with E-state index in [1.165, 1.54) is 4.90 Å². The van der Waals surface area contributed by atoms with Crippen LogP contribution in [0.5, 0.6) is 0 Å². The van der Waals surface area contributed by atoms with E-state index in [9.17, 15) is 14.7 Å². The zero-order valence-electron chi connectivity index (χ0n) is 10.7. The number of aliphatic hydroxyl groups excluding tert-OH is 1. The van der Waals surface area contributed by atoms with Crippen molar-refractivity contribution in [3.8, 4) is 0 Å².